The van der Waals surface area contributed by atoms with Crippen molar-refractivity contribution in [1.29, 1.82) is 0 Å². The number of ether oxygens (including phenoxy) is 1. The van der Waals surface area contributed by atoms with Gasteiger partial charge in [-0.15, -0.1) is 0 Å². The average molecular weight is 223 g/mol. The van der Waals surface area contributed by atoms with E-state index in [2.05, 4.69) is 64.2 Å². The van der Waals surface area contributed by atoms with Crippen molar-refractivity contribution < 1.29 is 4.74 Å². The second-order valence-corrected chi connectivity index (χ2v) is 5.91. The third-order valence-corrected chi connectivity index (χ3v) is 2.60. The van der Waals surface area contributed by atoms with Crippen molar-refractivity contribution in [2.45, 2.75) is 46.3 Å². The lowest BCUT2D eigenvalue weighted by molar-refractivity contribution is 0.0404. The largest absolute Gasteiger partial charge is 0.378 e. The van der Waals surface area contributed by atoms with Gasteiger partial charge in [0.2, 0.25) is 0 Å². The van der Waals surface area contributed by atoms with Crippen LogP contribution in [0.4, 0.5) is 0 Å². The fraction of sp³-hybridized carbons (Fsp3) is 0.714. The van der Waals surface area contributed by atoms with E-state index in [0.29, 0.717) is 0 Å². The summed E-state index contributed by atoms with van der Waals surface area (Å²) < 4.78 is 5.75. The molecule has 0 saturated heterocycles. The molecule has 0 unspecified atom stereocenters. The van der Waals surface area contributed by atoms with Gasteiger partial charge in [-0.1, -0.05) is 24.3 Å². The van der Waals surface area contributed by atoms with E-state index < -0.39 is 0 Å². The molecule has 0 spiro atoms. The Morgan fingerprint density at radius 1 is 1.19 bits per heavy atom. The van der Waals surface area contributed by atoms with Gasteiger partial charge in [-0.05, 0) is 34.6 Å². The molecule has 0 aromatic rings. The molecule has 0 amide bonds. The predicted octanol–water partition coefficient (Wildman–Crippen LogP) is 2.91. The van der Waals surface area contributed by atoms with Gasteiger partial charge in [0.1, 0.15) is 0 Å². The average Bonchev–Trinajstić information content (AvgIpc) is 2.60. The minimum atomic E-state index is 0.0392. The summed E-state index contributed by atoms with van der Waals surface area (Å²) in [7, 11) is 0. The number of rotatable bonds is 5. The summed E-state index contributed by atoms with van der Waals surface area (Å²) in [6.45, 7) is 12.4. The number of allylic oxidation sites excluding steroid dienone is 2. The molecule has 1 rings (SSSR count). The quantitative estimate of drug-likeness (QED) is 0.774. The van der Waals surface area contributed by atoms with Crippen molar-refractivity contribution in [3.8, 4) is 0 Å². The van der Waals surface area contributed by atoms with Crippen molar-refractivity contribution in [2.24, 2.45) is 5.41 Å². The molecule has 0 heterocycles. The summed E-state index contributed by atoms with van der Waals surface area (Å²) in [5, 5.41) is 3.55. The molecule has 0 aromatic carbocycles. The lowest BCUT2D eigenvalue weighted by Crippen LogP contribution is -2.44. The van der Waals surface area contributed by atoms with Crippen molar-refractivity contribution >= 4 is 0 Å². The Labute approximate surface area is 99.8 Å². The van der Waals surface area contributed by atoms with E-state index in [1.165, 1.54) is 0 Å². The highest BCUT2D eigenvalue weighted by Crippen LogP contribution is 2.27. The maximum atomic E-state index is 5.75. The van der Waals surface area contributed by atoms with E-state index in [1.807, 2.05) is 0 Å². The van der Waals surface area contributed by atoms with Crippen LogP contribution in [-0.4, -0.2) is 24.8 Å². The lowest BCUT2D eigenvalue weighted by atomic mass is 9.90. The Morgan fingerprint density at radius 3 is 2.19 bits per heavy atom. The van der Waals surface area contributed by atoms with Crippen LogP contribution in [0.5, 0.6) is 0 Å². The zero-order chi connectivity index (χ0) is 12.2. The first-order chi connectivity index (χ1) is 7.33. The standard InChI is InChI=1S/C14H25NO/c1-12(2)16-11-14(8-6-7-9-14)10-15-13(3,4)5/h6-9,12,15H,10-11H2,1-5H3. The Balaban J connectivity index is 2.53. The van der Waals surface area contributed by atoms with Crippen LogP contribution in [-0.2, 0) is 4.74 Å². The van der Waals surface area contributed by atoms with Crippen LogP contribution in [0, 0.1) is 5.41 Å². The van der Waals surface area contributed by atoms with Gasteiger partial charge in [0.25, 0.3) is 0 Å². The second kappa shape index (κ2) is 5.15. The zero-order valence-corrected chi connectivity index (χ0v) is 11.2. The molecule has 1 aliphatic rings. The molecule has 0 atom stereocenters. The molecule has 0 bridgehead atoms. The van der Waals surface area contributed by atoms with Crippen molar-refractivity contribution in [3.63, 3.8) is 0 Å². The first-order valence-electron chi connectivity index (χ1n) is 6.07. The molecule has 2 heteroatoms. The molecule has 16 heavy (non-hydrogen) atoms. The summed E-state index contributed by atoms with van der Waals surface area (Å²) in [6, 6.07) is 0. The van der Waals surface area contributed by atoms with Crippen molar-refractivity contribution in [2.75, 3.05) is 13.2 Å². The fourth-order valence-electron chi connectivity index (χ4n) is 1.57. The van der Waals surface area contributed by atoms with Gasteiger partial charge in [-0.2, -0.15) is 0 Å². The van der Waals surface area contributed by atoms with Gasteiger partial charge in [0.05, 0.1) is 12.7 Å². The minimum absolute atomic E-state index is 0.0392. The van der Waals surface area contributed by atoms with Gasteiger partial charge in [-0.25, -0.2) is 0 Å². The maximum Gasteiger partial charge on any atom is 0.0607 e. The van der Waals surface area contributed by atoms with E-state index >= 15 is 0 Å². The molecule has 0 saturated carbocycles. The third kappa shape index (κ3) is 4.50. The normalized spacial score (nSPS) is 18.6. The Bertz CT molecular complexity index is 259. The summed E-state index contributed by atoms with van der Waals surface area (Å²) in [4.78, 5) is 0. The number of hydrogen-bond donors (Lipinski definition) is 1. The van der Waals surface area contributed by atoms with E-state index in [0.717, 1.165) is 13.2 Å². The topological polar surface area (TPSA) is 21.3 Å². The SMILES string of the molecule is CC(C)OCC1(CNC(C)(C)C)C=CC=C1. The monoisotopic (exact) mass is 223 g/mol. The summed E-state index contributed by atoms with van der Waals surface area (Å²) in [6.07, 6.45) is 8.96. The van der Waals surface area contributed by atoms with Gasteiger partial charge in [0, 0.05) is 17.5 Å². The third-order valence-electron chi connectivity index (χ3n) is 2.60. The van der Waals surface area contributed by atoms with Crippen LogP contribution in [0.2, 0.25) is 0 Å². The van der Waals surface area contributed by atoms with E-state index in [9.17, 15) is 0 Å². The first kappa shape index (κ1) is 13.5. The van der Waals surface area contributed by atoms with Crippen LogP contribution < -0.4 is 5.32 Å². The molecule has 2 nitrogen and oxygen atoms in total. The van der Waals surface area contributed by atoms with E-state index in [-0.39, 0.29) is 17.1 Å². The lowest BCUT2D eigenvalue weighted by Gasteiger charge is -2.31. The molecule has 0 radical (unpaired) electrons. The van der Waals surface area contributed by atoms with Crippen LogP contribution in [0.15, 0.2) is 24.3 Å². The van der Waals surface area contributed by atoms with Gasteiger partial charge in [-0.3, -0.25) is 0 Å². The Morgan fingerprint density at radius 2 is 1.75 bits per heavy atom. The predicted molar refractivity (Wildman–Crippen MR) is 69.6 cm³/mol. The maximum absolute atomic E-state index is 5.75. The van der Waals surface area contributed by atoms with Gasteiger partial charge >= 0.3 is 0 Å². The van der Waals surface area contributed by atoms with Crippen LogP contribution >= 0.6 is 0 Å². The molecule has 1 N–H and O–H groups in total. The molecule has 0 fully saturated rings. The van der Waals surface area contributed by atoms with Crippen LogP contribution in [0.1, 0.15) is 34.6 Å². The second-order valence-electron chi connectivity index (χ2n) is 5.91. The smallest absolute Gasteiger partial charge is 0.0607 e. The number of hydrogen-bond acceptors (Lipinski definition) is 2. The first-order valence-corrected chi connectivity index (χ1v) is 6.07. The zero-order valence-electron chi connectivity index (χ0n) is 11.2. The molecule has 1 aliphatic carbocycles. The summed E-state index contributed by atoms with van der Waals surface area (Å²) >= 11 is 0. The molecule has 0 aliphatic heterocycles. The highest BCUT2D eigenvalue weighted by Gasteiger charge is 2.28. The van der Waals surface area contributed by atoms with Crippen molar-refractivity contribution in [3.05, 3.63) is 24.3 Å². The Hall–Kier alpha value is -0.600. The van der Waals surface area contributed by atoms with Crippen LogP contribution in [0.3, 0.4) is 0 Å². The molecular formula is C14H25NO. The molecular weight excluding hydrogens is 198 g/mol. The molecule has 92 valence electrons. The van der Waals surface area contributed by atoms with Gasteiger partial charge < -0.3 is 10.1 Å². The van der Waals surface area contributed by atoms with E-state index in [1.54, 1.807) is 0 Å². The molecule has 0 aromatic heterocycles. The number of nitrogens with one attached hydrogen (secondary N) is 1. The van der Waals surface area contributed by atoms with Crippen LogP contribution in [0.25, 0.3) is 0 Å². The van der Waals surface area contributed by atoms with E-state index in [4.69, 9.17) is 4.74 Å². The highest BCUT2D eigenvalue weighted by molar-refractivity contribution is 5.26. The van der Waals surface area contributed by atoms with Crippen molar-refractivity contribution in [1.82, 2.24) is 5.32 Å². The fourth-order valence-corrected chi connectivity index (χ4v) is 1.57. The summed E-state index contributed by atoms with van der Waals surface area (Å²) in [5.41, 5.74) is 0.187. The van der Waals surface area contributed by atoms with Gasteiger partial charge in [0.15, 0.2) is 0 Å². The Kier molecular flexibility index (Phi) is 4.34. The highest BCUT2D eigenvalue weighted by atomic mass is 16.5. The summed E-state index contributed by atoms with van der Waals surface area (Å²) in [5.74, 6) is 0. The minimum Gasteiger partial charge on any atom is -0.378 e.